The van der Waals surface area contributed by atoms with E-state index < -0.39 is 0 Å². The van der Waals surface area contributed by atoms with Crippen LogP contribution in [0, 0.1) is 0 Å². The molecule has 0 fully saturated rings. The van der Waals surface area contributed by atoms with Gasteiger partial charge in [0.2, 0.25) is 0 Å². The first-order valence-electron chi connectivity index (χ1n) is 7.72. The molecule has 0 aliphatic carbocycles. The molecule has 4 heteroatoms. The van der Waals surface area contributed by atoms with Gasteiger partial charge >= 0.3 is 0 Å². The van der Waals surface area contributed by atoms with Gasteiger partial charge in [-0.25, -0.2) is 0 Å². The third kappa shape index (κ3) is 6.04. The molecule has 0 amide bonds. The zero-order valence-electron chi connectivity index (χ0n) is 13.9. The molecule has 3 unspecified atom stereocenters. The second-order valence-electron chi connectivity index (χ2n) is 5.12. The Hall–Kier alpha value is -1.10. The summed E-state index contributed by atoms with van der Waals surface area (Å²) in [7, 11) is 1.68. The molecule has 1 rings (SSSR count). The normalized spacial score (nSPS) is 15.5. The molecular formula is C17H29NO3. The maximum atomic E-state index is 6.06. The molecule has 1 aromatic carbocycles. The van der Waals surface area contributed by atoms with Crippen LogP contribution < -0.4 is 10.1 Å². The van der Waals surface area contributed by atoms with Crippen molar-refractivity contribution in [3.8, 4) is 5.75 Å². The Balaban J connectivity index is 2.69. The molecule has 21 heavy (non-hydrogen) atoms. The van der Waals surface area contributed by atoms with Crippen LogP contribution in [0.1, 0.15) is 39.3 Å². The Morgan fingerprint density at radius 2 is 1.76 bits per heavy atom. The molecule has 120 valence electrons. The molecule has 1 N–H and O–H groups in total. The molecule has 0 saturated heterocycles. The van der Waals surface area contributed by atoms with Crippen LogP contribution in [0.3, 0.4) is 0 Å². The standard InChI is InChI=1S/C17H29NO3/c1-6-18-17(14(4)21-13(3)12-20-7-2)15-8-10-16(19-5)11-9-15/h8-11,13-14,17-18H,6-7,12H2,1-5H3. The van der Waals surface area contributed by atoms with E-state index in [0.717, 1.165) is 18.9 Å². The maximum absolute atomic E-state index is 6.06. The average Bonchev–Trinajstić information content (AvgIpc) is 2.50. The molecular weight excluding hydrogens is 266 g/mol. The van der Waals surface area contributed by atoms with Gasteiger partial charge in [0.05, 0.1) is 32.0 Å². The van der Waals surface area contributed by atoms with Crippen LogP contribution >= 0.6 is 0 Å². The maximum Gasteiger partial charge on any atom is 0.118 e. The minimum absolute atomic E-state index is 0.0637. The van der Waals surface area contributed by atoms with E-state index in [9.17, 15) is 0 Å². The summed E-state index contributed by atoms with van der Waals surface area (Å²) in [6, 6.07) is 8.29. The van der Waals surface area contributed by atoms with E-state index in [1.165, 1.54) is 5.56 Å². The Bertz CT molecular complexity index is 380. The van der Waals surface area contributed by atoms with E-state index in [2.05, 4.69) is 31.3 Å². The van der Waals surface area contributed by atoms with E-state index in [1.807, 2.05) is 26.0 Å². The quantitative estimate of drug-likeness (QED) is 0.719. The van der Waals surface area contributed by atoms with Crippen molar-refractivity contribution in [1.29, 1.82) is 0 Å². The minimum Gasteiger partial charge on any atom is -0.497 e. The first-order chi connectivity index (χ1) is 10.1. The summed E-state index contributed by atoms with van der Waals surface area (Å²) in [4.78, 5) is 0. The molecule has 1 aromatic rings. The molecule has 0 heterocycles. The molecule has 0 aromatic heterocycles. The van der Waals surface area contributed by atoms with Crippen LogP contribution in [-0.4, -0.2) is 39.1 Å². The van der Waals surface area contributed by atoms with Crippen molar-refractivity contribution in [2.24, 2.45) is 0 Å². The third-order valence-corrected chi connectivity index (χ3v) is 3.37. The van der Waals surface area contributed by atoms with Gasteiger partial charge in [0.15, 0.2) is 0 Å². The van der Waals surface area contributed by atoms with Gasteiger partial charge in [0, 0.05) is 6.61 Å². The molecule has 0 aliphatic heterocycles. The highest BCUT2D eigenvalue weighted by Crippen LogP contribution is 2.23. The lowest BCUT2D eigenvalue weighted by molar-refractivity contribution is -0.0525. The second kappa shape index (κ2) is 9.77. The highest BCUT2D eigenvalue weighted by Gasteiger charge is 2.21. The highest BCUT2D eigenvalue weighted by molar-refractivity contribution is 5.29. The minimum atomic E-state index is 0.0637. The molecule has 0 saturated carbocycles. The molecule has 0 bridgehead atoms. The Morgan fingerprint density at radius 3 is 2.29 bits per heavy atom. The van der Waals surface area contributed by atoms with Crippen LogP contribution in [0.5, 0.6) is 5.75 Å². The summed E-state index contributed by atoms with van der Waals surface area (Å²) in [5.74, 6) is 0.868. The van der Waals surface area contributed by atoms with Crippen molar-refractivity contribution in [2.45, 2.75) is 45.9 Å². The lowest BCUT2D eigenvalue weighted by Crippen LogP contribution is -2.35. The lowest BCUT2D eigenvalue weighted by atomic mass is 10.0. The van der Waals surface area contributed by atoms with Crippen molar-refractivity contribution in [2.75, 3.05) is 26.9 Å². The van der Waals surface area contributed by atoms with Gasteiger partial charge in [-0.05, 0) is 45.0 Å². The van der Waals surface area contributed by atoms with Crippen LogP contribution in [0.4, 0.5) is 0 Å². The van der Waals surface area contributed by atoms with Crippen molar-refractivity contribution in [3.63, 3.8) is 0 Å². The largest absolute Gasteiger partial charge is 0.497 e. The van der Waals surface area contributed by atoms with Crippen LogP contribution in [0.2, 0.25) is 0 Å². The zero-order chi connectivity index (χ0) is 15.7. The molecule has 0 aliphatic rings. The highest BCUT2D eigenvalue weighted by atomic mass is 16.5. The average molecular weight is 295 g/mol. The van der Waals surface area contributed by atoms with Crippen molar-refractivity contribution in [3.05, 3.63) is 29.8 Å². The van der Waals surface area contributed by atoms with E-state index >= 15 is 0 Å². The monoisotopic (exact) mass is 295 g/mol. The molecule has 0 spiro atoms. The Morgan fingerprint density at radius 1 is 1.10 bits per heavy atom. The number of nitrogens with one attached hydrogen (secondary N) is 1. The van der Waals surface area contributed by atoms with Gasteiger partial charge in [-0.15, -0.1) is 0 Å². The zero-order valence-corrected chi connectivity index (χ0v) is 13.9. The summed E-state index contributed by atoms with van der Waals surface area (Å²) in [5.41, 5.74) is 1.20. The summed E-state index contributed by atoms with van der Waals surface area (Å²) in [6.07, 6.45) is 0.146. The fraction of sp³-hybridized carbons (Fsp3) is 0.647. The van der Waals surface area contributed by atoms with Crippen LogP contribution in [0.15, 0.2) is 24.3 Å². The van der Waals surface area contributed by atoms with E-state index in [0.29, 0.717) is 6.61 Å². The summed E-state index contributed by atoms with van der Waals surface area (Å²) in [5, 5.41) is 3.49. The number of hydrogen-bond donors (Lipinski definition) is 1. The number of benzene rings is 1. The number of likely N-dealkylation sites (N-methyl/N-ethyl adjacent to an activating group) is 1. The van der Waals surface area contributed by atoms with Gasteiger partial charge in [-0.3, -0.25) is 0 Å². The number of rotatable bonds is 10. The second-order valence-corrected chi connectivity index (χ2v) is 5.12. The molecule has 3 atom stereocenters. The van der Waals surface area contributed by atoms with Crippen LogP contribution in [-0.2, 0) is 9.47 Å². The van der Waals surface area contributed by atoms with Crippen molar-refractivity contribution >= 4 is 0 Å². The van der Waals surface area contributed by atoms with Gasteiger partial charge in [0.25, 0.3) is 0 Å². The van der Waals surface area contributed by atoms with Crippen molar-refractivity contribution in [1.82, 2.24) is 5.32 Å². The summed E-state index contributed by atoms with van der Waals surface area (Å²) in [6.45, 7) is 10.5. The third-order valence-electron chi connectivity index (χ3n) is 3.37. The van der Waals surface area contributed by atoms with Gasteiger partial charge < -0.3 is 19.5 Å². The number of methoxy groups -OCH3 is 1. The van der Waals surface area contributed by atoms with E-state index in [-0.39, 0.29) is 18.2 Å². The Labute approximate surface area is 128 Å². The van der Waals surface area contributed by atoms with Gasteiger partial charge in [-0.1, -0.05) is 19.1 Å². The first-order valence-corrected chi connectivity index (χ1v) is 7.72. The Kier molecular flexibility index (Phi) is 8.35. The number of hydrogen-bond acceptors (Lipinski definition) is 4. The lowest BCUT2D eigenvalue weighted by Gasteiger charge is -2.28. The summed E-state index contributed by atoms with van der Waals surface area (Å²) >= 11 is 0. The van der Waals surface area contributed by atoms with Gasteiger partial charge in [-0.2, -0.15) is 0 Å². The molecule has 0 radical (unpaired) electrons. The van der Waals surface area contributed by atoms with Gasteiger partial charge in [0.1, 0.15) is 5.75 Å². The molecule has 4 nitrogen and oxygen atoms in total. The smallest absolute Gasteiger partial charge is 0.118 e. The van der Waals surface area contributed by atoms with Crippen LogP contribution in [0.25, 0.3) is 0 Å². The van der Waals surface area contributed by atoms with Crippen molar-refractivity contribution < 1.29 is 14.2 Å². The number of ether oxygens (including phenoxy) is 3. The van der Waals surface area contributed by atoms with E-state index in [4.69, 9.17) is 14.2 Å². The fourth-order valence-electron chi connectivity index (χ4n) is 2.35. The topological polar surface area (TPSA) is 39.7 Å². The van der Waals surface area contributed by atoms with E-state index in [1.54, 1.807) is 7.11 Å². The predicted molar refractivity (Wildman–Crippen MR) is 85.9 cm³/mol. The SMILES string of the molecule is CCNC(c1ccc(OC)cc1)C(C)OC(C)COCC. The first kappa shape index (κ1) is 18.0. The fourth-order valence-corrected chi connectivity index (χ4v) is 2.35. The predicted octanol–water partition coefficient (Wildman–Crippen LogP) is 3.18. The summed E-state index contributed by atoms with van der Waals surface area (Å²) < 4.78 is 16.7.